The van der Waals surface area contributed by atoms with Crippen molar-refractivity contribution in [3.05, 3.63) is 101 Å². The molecular formula is C24H17FN4O5. The SMILES string of the molecule is O=C(NNC(=O)c1cc(C(=O)O)c(O)c2ncc(Cc3ccc(F)cc3)cc12)c1ccncc1. The highest BCUT2D eigenvalue weighted by molar-refractivity contribution is 6.12. The summed E-state index contributed by atoms with van der Waals surface area (Å²) >= 11 is 0. The average Bonchev–Trinajstić information content (AvgIpc) is 2.84. The third-order valence-corrected chi connectivity index (χ3v) is 5.03. The van der Waals surface area contributed by atoms with Crippen LogP contribution in [0.15, 0.2) is 67.1 Å². The number of amides is 2. The van der Waals surface area contributed by atoms with Crippen molar-refractivity contribution in [2.75, 3.05) is 0 Å². The van der Waals surface area contributed by atoms with Crippen LogP contribution >= 0.6 is 0 Å². The van der Waals surface area contributed by atoms with Crippen LogP contribution in [0, 0.1) is 5.82 Å². The van der Waals surface area contributed by atoms with Crippen molar-refractivity contribution in [3.8, 4) is 5.75 Å². The van der Waals surface area contributed by atoms with Crippen LogP contribution < -0.4 is 10.9 Å². The zero-order valence-corrected chi connectivity index (χ0v) is 17.4. The largest absolute Gasteiger partial charge is 0.505 e. The number of carboxylic acids is 1. The van der Waals surface area contributed by atoms with Gasteiger partial charge in [0.15, 0.2) is 5.75 Å². The molecule has 2 amide bonds. The predicted octanol–water partition coefficient (Wildman–Crippen LogP) is 2.84. The first-order valence-corrected chi connectivity index (χ1v) is 9.96. The second kappa shape index (κ2) is 9.33. The molecule has 0 fully saturated rings. The third kappa shape index (κ3) is 4.65. The number of aromatic carboxylic acids is 1. The molecule has 34 heavy (non-hydrogen) atoms. The smallest absolute Gasteiger partial charge is 0.339 e. The molecule has 2 aromatic heterocycles. The standard InChI is InChI=1S/C24H17FN4O5/c25-16-3-1-13(2-4-16)9-14-10-17-18(11-19(24(33)34)21(30)20(17)27-12-14)23(32)29-28-22(31)15-5-7-26-8-6-15/h1-8,10-12,30H,9H2,(H,28,31)(H,29,32)(H,33,34). The molecule has 0 spiro atoms. The lowest BCUT2D eigenvalue weighted by molar-refractivity contribution is 0.0693. The lowest BCUT2D eigenvalue weighted by atomic mass is 9.99. The van der Waals surface area contributed by atoms with E-state index < -0.39 is 29.1 Å². The number of pyridine rings is 2. The fraction of sp³-hybridized carbons (Fsp3) is 0.0417. The van der Waals surface area contributed by atoms with Gasteiger partial charge >= 0.3 is 5.97 Å². The molecule has 4 rings (SSSR count). The van der Waals surface area contributed by atoms with Gasteiger partial charge in [-0.3, -0.25) is 30.4 Å². The molecular weight excluding hydrogens is 443 g/mol. The van der Waals surface area contributed by atoms with E-state index in [1.54, 1.807) is 18.2 Å². The van der Waals surface area contributed by atoms with Crippen molar-refractivity contribution >= 4 is 28.7 Å². The second-order valence-corrected chi connectivity index (χ2v) is 7.31. The number of fused-ring (bicyclic) bond motifs is 1. The quantitative estimate of drug-likeness (QED) is 0.336. The van der Waals surface area contributed by atoms with Gasteiger partial charge in [0.25, 0.3) is 11.8 Å². The number of hydrogen-bond donors (Lipinski definition) is 4. The van der Waals surface area contributed by atoms with Gasteiger partial charge in [-0.1, -0.05) is 12.1 Å². The van der Waals surface area contributed by atoms with E-state index in [-0.39, 0.29) is 27.8 Å². The fourth-order valence-corrected chi connectivity index (χ4v) is 3.36. The minimum Gasteiger partial charge on any atom is -0.505 e. The Morgan fingerprint density at radius 2 is 1.56 bits per heavy atom. The summed E-state index contributed by atoms with van der Waals surface area (Å²) in [5.74, 6) is -3.83. The highest BCUT2D eigenvalue weighted by Crippen LogP contribution is 2.31. The molecule has 0 unspecified atom stereocenters. The maximum Gasteiger partial charge on any atom is 0.339 e. The van der Waals surface area contributed by atoms with Gasteiger partial charge in [0.05, 0.1) is 5.56 Å². The first kappa shape index (κ1) is 22.3. The van der Waals surface area contributed by atoms with Crippen molar-refractivity contribution in [1.29, 1.82) is 0 Å². The van der Waals surface area contributed by atoms with E-state index in [2.05, 4.69) is 20.8 Å². The van der Waals surface area contributed by atoms with Crippen molar-refractivity contribution in [1.82, 2.24) is 20.8 Å². The van der Waals surface area contributed by atoms with Gasteiger partial charge in [0.1, 0.15) is 16.9 Å². The zero-order valence-electron chi connectivity index (χ0n) is 17.4. The van der Waals surface area contributed by atoms with Crippen LogP contribution in [0.5, 0.6) is 5.75 Å². The van der Waals surface area contributed by atoms with Gasteiger partial charge in [0.2, 0.25) is 0 Å². The number of hydrogen-bond acceptors (Lipinski definition) is 6. The van der Waals surface area contributed by atoms with E-state index in [9.17, 15) is 29.0 Å². The number of aromatic nitrogens is 2. The van der Waals surface area contributed by atoms with Gasteiger partial charge in [0, 0.05) is 29.5 Å². The number of carboxylic acid groups (broad SMARTS) is 1. The molecule has 0 aliphatic rings. The Balaban J connectivity index is 1.69. The molecule has 10 heteroatoms. The molecule has 0 radical (unpaired) electrons. The lowest BCUT2D eigenvalue weighted by Gasteiger charge is -2.13. The summed E-state index contributed by atoms with van der Waals surface area (Å²) < 4.78 is 13.2. The molecule has 0 saturated heterocycles. The number of halogens is 1. The summed E-state index contributed by atoms with van der Waals surface area (Å²) in [5, 5.41) is 20.0. The van der Waals surface area contributed by atoms with Crippen LogP contribution in [0.4, 0.5) is 4.39 Å². The highest BCUT2D eigenvalue weighted by atomic mass is 19.1. The number of nitrogens with zero attached hydrogens (tertiary/aromatic N) is 2. The van der Waals surface area contributed by atoms with Crippen LogP contribution in [0.1, 0.15) is 42.2 Å². The van der Waals surface area contributed by atoms with E-state index >= 15 is 0 Å². The Bertz CT molecular complexity index is 1410. The summed E-state index contributed by atoms with van der Waals surface area (Å²) in [6.45, 7) is 0. The van der Waals surface area contributed by atoms with Crippen LogP contribution in [-0.4, -0.2) is 38.0 Å². The van der Waals surface area contributed by atoms with Crippen LogP contribution in [0.25, 0.3) is 10.9 Å². The first-order valence-electron chi connectivity index (χ1n) is 9.96. The third-order valence-electron chi connectivity index (χ3n) is 5.03. The van der Waals surface area contributed by atoms with E-state index in [0.29, 0.717) is 12.0 Å². The second-order valence-electron chi connectivity index (χ2n) is 7.31. The molecule has 0 bridgehead atoms. The Labute approximate surface area is 191 Å². The Hall–Kier alpha value is -4.86. The zero-order chi connectivity index (χ0) is 24.2. The maximum atomic E-state index is 13.2. The molecule has 0 atom stereocenters. The molecule has 170 valence electrons. The highest BCUT2D eigenvalue weighted by Gasteiger charge is 2.22. The number of carbonyl (C=O) groups is 3. The minimum absolute atomic E-state index is 0.0895. The van der Waals surface area contributed by atoms with Crippen LogP contribution in [0.3, 0.4) is 0 Å². The number of nitrogens with one attached hydrogen (secondary N) is 2. The summed E-state index contributed by atoms with van der Waals surface area (Å²) in [5.41, 5.74) is 5.45. The molecule has 4 N–H and O–H groups in total. The average molecular weight is 460 g/mol. The topological polar surface area (TPSA) is 142 Å². The van der Waals surface area contributed by atoms with Gasteiger partial charge in [-0.15, -0.1) is 0 Å². The fourth-order valence-electron chi connectivity index (χ4n) is 3.36. The number of benzene rings is 2. The van der Waals surface area contributed by atoms with Crippen molar-refractivity contribution in [2.45, 2.75) is 6.42 Å². The Morgan fingerprint density at radius 3 is 2.24 bits per heavy atom. The summed E-state index contributed by atoms with van der Waals surface area (Å²) in [6.07, 6.45) is 4.61. The number of phenols is 1. The van der Waals surface area contributed by atoms with Crippen molar-refractivity contribution < 1.29 is 29.0 Å². The Kier molecular flexibility index (Phi) is 6.13. The Morgan fingerprint density at radius 1 is 0.882 bits per heavy atom. The van der Waals surface area contributed by atoms with Crippen LogP contribution in [0.2, 0.25) is 0 Å². The van der Waals surface area contributed by atoms with E-state index in [4.69, 9.17) is 0 Å². The minimum atomic E-state index is -1.45. The van der Waals surface area contributed by atoms with Crippen molar-refractivity contribution in [3.63, 3.8) is 0 Å². The maximum absolute atomic E-state index is 13.2. The molecule has 0 aliphatic carbocycles. The summed E-state index contributed by atoms with van der Waals surface area (Å²) in [7, 11) is 0. The van der Waals surface area contributed by atoms with Gasteiger partial charge in [-0.2, -0.15) is 0 Å². The lowest BCUT2D eigenvalue weighted by Crippen LogP contribution is -2.41. The summed E-state index contributed by atoms with van der Waals surface area (Å²) in [4.78, 5) is 44.7. The normalized spacial score (nSPS) is 10.6. The monoisotopic (exact) mass is 460 g/mol. The number of carbonyl (C=O) groups excluding carboxylic acids is 2. The number of rotatable bonds is 5. The number of hydrazine groups is 1. The molecule has 0 saturated carbocycles. The molecule has 4 aromatic rings. The molecule has 2 aromatic carbocycles. The molecule has 2 heterocycles. The van der Waals surface area contributed by atoms with E-state index in [1.165, 1.54) is 42.9 Å². The van der Waals surface area contributed by atoms with Gasteiger partial charge in [-0.05, 0) is 53.9 Å². The first-order chi connectivity index (χ1) is 16.3. The van der Waals surface area contributed by atoms with Crippen LogP contribution in [-0.2, 0) is 6.42 Å². The van der Waals surface area contributed by atoms with Gasteiger partial charge < -0.3 is 10.2 Å². The van der Waals surface area contributed by atoms with Gasteiger partial charge in [-0.25, -0.2) is 9.18 Å². The predicted molar refractivity (Wildman–Crippen MR) is 119 cm³/mol. The van der Waals surface area contributed by atoms with E-state index in [1.807, 2.05) is 0 Å². The number of aromatic hydroxyl groups is 1. The molecule has 0 aliphatic heterocycles. The van der Waals surface area contributed by atoms with E-state index in [0.717, 1.165) is 11.6 Å². The van der Waals surface area contributed by atoms with Crippen molar-refractivity contribution in [2.24, 2.45) is 0 Å². The molecule has 9 nitrogen and oxygen atoms in total. The summed E-state index contributed by atoms with van der Waals surface area (Å²) in [6, 6.07) is 11.3.